The molecule has 0 fully saturated rings. The second-order valence-electron chi connectivity index (χ2n) is 6.02. The maximum atomic E-state index is 11.3. The molecule has 1 amide bonds. The lowest BCUT2D eigenvalue weighted by molar-refractivity contribution is -0.114. The molecule has 2 N–H and O–H groups in total. The predicted molar refractivity (Wildman–Crippen MR) is 112 cm³/mol. The van der Waals surface area contributed by atoms with Crippen molar-refractivity contribution in [1.82, 2.24) is 4.90 Å². The van der Waals surface area contributed by atoms with Crippen molar-refractivity contribution >= 4 is 28.8 Å². The van der Waals surface area contributed by atoms with Gasteiger partial charge in [-0.2, -0.15) is 0 Å². The number of amidine groups is 1. The van der Waals surface area contributed by atoms with Gasteiger partial charge in [-0.3, -0.25) is 4.79 Å². The summed E-state index contributed by atoms with van der Waals surface area (Å²) in [5.41, 5.74) is 4.35. The summed E-state index contributed by atoms with van der Waals surface area (Å²) in [5.74, 6) is 0.582. The molecule has 2 aromatic rings. The number of amides is 1. The third-order valence-corrected chi connectivity index (χ3v) is 4.03. The molecular formula is C22H22N4O. The van der Waals surface area contributed by atoms with Crippen LogP contribution in [0.25, 0.3) is 5.70 Å². The highest BCUT2D eigenvalue weighted by molar-refractivity contribution is 6.09. The molecule has 0 saturated heterocycles. The van der Waals surface area contributed by atoms with Gasteiger partial charge in [0.05, 0.1) is 5.70 Å². The number of anilines is 2. The van der Waals surface area contributed by atoms with E-state index in [9.17, 15) is 4.79 Å². The van der Waals surface area contributed by atoms with Crippen molar-refractivity contribution < 1.29 is 4.79 Å². The van der Waals surface area contributed by atoms with Crippen LogP contribution in [0.1, 0.15) is 19.4 Å². The summed E-state index contributed by atoms with van der Waals surface area (Å²) in [6, 6.07) is 17.6. The Morgan fingerprint density at radius 2 is 1.85 bits per heavy atom. The van der Waals surface area contributed by atoms with Gasteiger partial charge in [-0.25, -0.2) is 4.99 Å². The van der Waals surface area contributed by atoms with Crippen LogP contribution in [0.2, 0.25) is 0 Å². The summed E-state index contributed by atoms with van der Waals surface area (Å²) in [5, 5.41) is 6.12. The van der Waals surface area contributed by atoms with Gasteiger partial charge in [0.25, 0.3) is 0 Å². The van der Waals surface area contributed by atoms with Gasteiger partial charge in [-0.15, -0.1) is 0 Å². The number of rotatable bonds is 4. The molecule has 0 bridgehead atoms. The van der Waals surface area contributed by atoms with E-state index in [1.54, 1.807) is 6.20 Å². The summed E-state index contributed by atoms with van der Waals surface area (Å²) in [6.07, 6.45) is 5.62. The Kier molecular flexibility index (Phi) is 5.52. The maximum absolute atomic E-state index is 11.3. The molecule has 0 atom stereocenters. The molecule has 136 valence electrons. The van der Waals surface area contributed by atoms with Gasteiger partial charge in [0.2, 0.25) is 5.91 Å². The highest BCUT2D eigenvalue weighted by Gasteiger charge is 2.19. The van der Waals surface area contributed by atoms with E-state index in [0.717, 1.165) is 28.3 Å². The van der Waals surface area contributed by atoms with Crippen molar-refractivity contribution in [3.8, 4) is 0 Å². The second-order valence-corrected chi connectivity index (χ2v) is 6.02. The van der Waals surface area contributed by atoms with Crippen molar-refractivity contribution in [2.24, 2.45) is 4.99 Å². The molecule has 0 saturated carbocycles. The van der Waals surface area contributed by atoms with E-state index >= 15 is 0 Å². The van der Waals surface area contributed by atoms with Gasteiger partial charge in [-0.1, -0.05) is 43.0 Å². The zero-order valence-corrected chi connectivity index (χ0v) is 15.4. The zero-order valence-electron chi connectivity index (χ0n) is 15.4. The van der Waals surface area contributed by atoms with Crippen molar-refractivity contribution in [3.05, 3.63) is 90.9 Å². The van der Waals surface area contributed by atoms with Gasteiger partial charge in [0, 0.05) is 42.0 Å². The minimum Gasteiger partial charge on any atom is -0.339 e. The minimum absolute atomic E-state index is 0.0991. The van der Waals surface area contributed by atoms with Crippen molar-refractivity contribution in [2.45, 2.75) is 13.8 Å². The Bertz CT molecular complexity index is 942. The van der Waals surface area contributed by atoms with Gasteiger partial charge in [0.1, 0.15) is 0 Å². The van der Waals surface area contributed by atoms with Crippen LogP contribution in [0.3, 0.4) is 0 Å². The maximum Gasteiger partial charge on any atom is 0.221 e. The number of hydrogen-bond acceptors (Lipinski definition) is 4. The minimum atomic E-state index is -0.0991. The molecule has 2 aromatic carbocycles. The van der Waals surface area contributed by atoms with E-state index in [4.69, 9.17) is 0 Å². The topological polar surface area (TPSA) is 56.7 Å². The number of benzene rings is 2. The van der Waals surface area contributed by atoms with Crippen LogP contribution < -0.4 is 10.6 Å². The number of para-hydroxylation sites is 1. The molecule has 0 spiro atoms. The fourth-order valence-corrected chi connectivity index (χ4v) is 2.85. The van der Waals surface area contributed by atoms with Crippen molar-refractivity contribution in [2.75, 3.05) is 10.6 Å². The van der Waals surface area contributed by atoms with Crippen molar-refractivity contribution in [3.63, 3.8) is 0 Å². The first-order valence-electron chi connectivity index (χ1n) is 8.68. The number of hydrogen-bond donors (Lipinski definition) is 2. The number of allylic oxidation sites excluding steroid dienone is 1. The average molecular weight is 358 g/mol. The first-order chi connectivity index (χ1) is 13.1. The summed E-state index contributed by atoms with van der Waals surface area (Å²) in [6.45, 7) is 7.68. The van der Waals surface area contributed by atoms with Gasteiger partial charge < -0.3 is 15.5 Å². The quantitative estimate of drug-likeness (QED) is 0.824. The predicted octanol–water partition coefficient (Wildman–Crippen LogP) is 4.82. The Balaban J connectivity index is 1.84. The van der Waals surface area contributed by atoms with E-state index in [0.29, 0.717) is 5.84 Å². The molecule has 1 aliphatic rings. The lowest BCUT2D eigenvalue weighted by Crippen LogP contribution is -2.28. The Morgan fingerprint density at radius 1 is 1.11 bits per heavy atom. The monoisotopic (exact) mass is 358 g/mol. The average Bonchev–Trinajstić information content (AvgIpc) is 2.66. The van der Waals surface area contributed by atoms with Crippen LogP contribution >= 0.6 is 0 Å². The molecular weight excluding hydrogens is 336 g/mol. The standard InChI is InChI=1S/C22H22N4O/c1-4-21(18-9-8-12-20(15-18)24-17(3)27)26-14-13-23-22(16(26)2)25-19-10-6-5-7-11-19/h4-15H,2H2,1,3H3,(H,23,25)(H,24,27)/b21-4-. The smallest absolute Gasteiger partial charge is 0.221 e. The Morgan fingerprint density at radius 3 is 2.56 bits per heavy atom. The molecule has 3 rings (SSSR count). The number of aliphatic imine (C=N–C) groups is 1. The fraction of sp³-hybridized carbons (Fsp3) is 0.0909. The summed E-state index contributed by atoms with van der Waals surface area (Å²) in [4.78, 5) is 17.7. The molecule has 0 unspecified atom stereocenters. The first kappa shape index (κ1) is 18.2. The SMILES string of the molecule is C=C1C(Nc2ccccc2)=NC=CN1/C(=C\C)c1cccc(NC(C)=O)c1. The first-order valence-corrected chi connectivity index (χ1v) is 8.68. The van der Waals surface area contributed by atoms with E-state index in [-0.39, 0.29) is 5.91 Å². The normalized spacial score (nSPS) is 14.0. The van der Waals surface area contributed by atoms with Crippen LogP contribution in [0.15, 0.2) is 90.3 Å². The summed E-state index contributed by atoms with van der Waals surface area (Å²) >= 11 is 0. The lowest BCUT2D eigenvalue weighted by Gasteiger charge is -2.29. The van der Waals surface area contributed by atoms with E-state index in [2.05, 4.69) is 22.2 Å². The Hall–Kier alpha value is -3.60. The molecule has 5 nitrogen and oxygen atoms in total. The van der Waals surface area contributed by atoms with Crippen LogP contribution in [0.5, 0.6) is 0 Å². The molecule has 1 aliphatic heterocycles. The fourth-order valence-electron chi connectivity index (χ4n) is 2.85. The Labute approximate surface area is 159 Å². The highest BCUT2D eigenvalue weighted by Crippen LogP contribution is 2.28. The summed E-state index contributed by atoms with van der Waals surface area (Å²) < 4.78 is 0. The molecule has 27 heavy (non-hydrogen) atoms. The molecule has 0 aliphatic carbocycles. The highest BCUT2D eigenvalue weighted by atomic mass is 16.1. The van der Waals surface area contributed by atoms with E-state index in [1.807, 2.05) is 78.7 Å². The van der Waals surface area contributed by atoms with Crippen LogP contribution in [0.4, 0.5) is 11.4 Å². The number of carbonyl (C=O) groups is 1. The van der Waals surface area contributed by atoms with Gasteiger partial charge >= 0.3 is 0 Å². The van der Waals surface area contributed by atoms with Crippen LogP contribution in [-0.4, -0.2) is 16.6 Å². The number of nitrogens with one attached hydrogen (secondary N) is 2. The molecule has 0 aromatic heterocycles. The van der Waals surface area contributed by atoms with Gasteiger partial charge in [0.15, 0.2) is 5.84 Å². The van der Waals surface area contributed by atoms with Gasteiger partial charge in [-0.05, 0) is 31.2 Å². The third-order valence-electron chi connectivity index (χ3n) is 4.03. The molecule has 1 heterocycles. The lowest BCUT2D eigenvalue weighted by atomic mass is 10.1. The van der Waals surface area contributed by atoms with E-state index < -0.39 is 0 Å². The van der Waals surface area contributed by atoms with Crippen molar-refractivity contribution in [1.29, 1.82) is 0 Å². The number of nitrogens with zero attached hydrogens (tertiary/aromatic N) is 2. The largest absolute Gasteiger partial charge is 0.339 e. The summed E-state index contributed by atoms with van der Waals surface area (Å²) in [7, 11) is 0. The number of carbonyl (C=O) groups excluding carboxylic acids is 1. The third kappa shape index (κ3) is 4.33. The van der Waals surface area contributed by atoms with Crippen LogP contribution in [-0.2, 0) is 4.79 Å². The molecule has 5 heteroatoms. The van der Waals surface area contributed by atoms with E-state index in [1.165, 1.54) is 6.92 Å². The second kappa shape index (κ2) is 8.19. The zero-order chi connectivity index (χ0) is 19.2. The van der Waals surface area contributed by atoms with Crippen LogP contribution in [0, 0.1) is 0 Å². The molecule has 0 radical (unpaired) electrons.